The molecular formula is C16H13Cl2NOS. The molecule has 3 aromatic rings. The summed E-state index contributed by atoms with van der Waals surface area (Å²) in [6, 6.07) is 15.1. The Bertz CT molecular complexity index is 755. The van der Waals surface area contributed by atoms with Gasteiger partial charge in [-0.15, -0.1) is 11.8 Å². The van der Waals surface area contributed by atoms with Gasteiger partial charge in [-0.1, -0.05) is 35.3 Å². The molecule has 0 amide bonds. The van der Waals surface area contributed by atoms with E-state index in [1.807, 2.05) is 48.5 Å². The van der Waals surface area contributed by atoms with E-state index in [0.717, 1.165) is 26.8 Å². The third-order valence-electron chi connectivity index (χ3n) is 3.12. The van der Waals surface area contributed by atoms with Crippen molar-refractivity contribution in [2.24, 2.45) is 5.73 Å². The third-order valence-corrected chi connectivity index (χ3v) is 4.80. The van der Waals surface area contributed by atoms with Gasteiger partial charge in [-0.25, -0.2) is 0 Å². The van der Waals surface area contributed by atoms with Gasteiger partial charge in [-0.3, -0.25) is 0 Å². The molecule has 2 aromatic carbocycles. The van der Waals surface area contributed by atoms with Gasteiger partial charge in [0.2, 0.25) is 0 Å². The summed E-state index contributed by atoms with van der Waals surface area (Å²) < 4.78 is 5.78. The van der Waals surface area contributed by atoms with Crippen molar-refractivity contribution >= 4 is 45.9 Å². The predicted octanol–water partition coefficient (Wildman–Crippen LogP) is 5.53. The standard InChI is InChI=1S/C16H13Cl2NOS/c17-11-4-6-12(7-5-11)21-9-14(19)15-8-10-2-1-3-13(18)16(10)20-15/h1-8,14H,9,19H2. The molecule has 1 aromatic heterocycles. The molecule has 1 atom stereocenters. The third kappa shape index (κ3) is 3.38. The van der Waals surface area contributed by atoms with Crippen LogP contribution in [0, 0.1) is 0 Å². The highest BCUT2D eigenvalue weighted by Crippen LogP contribution is 2.31. The van der Waals surface area contributed by atoms with Crippen LogP contribution in [0.4, 0.5) is 0 Å². The van der Waals surface area contributed by atoms with E-state index in [4.69, 9.17) is 33.4 Å². The molecule has 0 fully saturated rings. The van der Waals surface area contributed by atoms with Gasteiger partial charge in [-0.2, -0.15) is 0 Å². The topological polar surface area (TPSA) is 39.2 Å². The number of para-hydroxylation sites is 1. The van der Waals surface area contributed by atoms with Crippen LogP contribution in [0.5, 0.6) is 0 Å². The summed E-state index contributed by atoms with van der Waals surface area (Å²) >= 11 is 13.6. The first kappa shape index (κ1) is 14.8. The number of halogens is 2. The molecule has 108 valence electrons. The Hall–Kier alpha value is -1.13. The summed E-state index contributed by atoms with van der Waals surface area (Å²) in [5, 5.41) is 2.32. The van der Waals surface area contributed by atoms with Gasteiger partial charge in [0, 0.05) is 21.1 Å². The minimum absolute atomic E-state index is 0.186. The number of nitrogens with two attached hydrogens (primary N) is 1. The maximum absolute atomic E-state index is 6.20. The fourth-order valence-electron chi connectivity index (χ4n) is 2.03. The zero-order valence-corrected chi connectivity index (χ0v) is 13.4. The second-order valence-electron chi connectivity index (χ2n) is 4.68. The molecule has 0 aliphatic carbocycles. The molecule has 0 saturated heterocycles. The fraction of sp³-hybridized carbons (Fsp3) is 0.125. The SMILES string of the molecule is NC(CSc1ccc(Cl)cc1)c1cc2cccc(Cl)c2o1. The van der Waals surface area contributed by atoms with E-state index in [0.29, 0.717) is 10.6 Å². The average Bonchev–Trinajstić information content (AvgIpc) is 2.92. The summed E-state index contributed by atoms with van der Waals surface area (Å²) in [6.45, 7) is 0. The minimum atomic E-state index is -0.186. The van der Waals surface area contributed by atoms with E-state index in [-0.39, 0.29) is 6.04 Å². The lowest BCUT2D eigenvalue weighted by Gasteiger charge is -2.08. The van der Waals surface area contributed by atoms with Crippen molar-refractivity contribution in [2.45, 2.75) is 10.9 Å². The van der Waals surface area contributed by atoms with Gasteiger partial charge in [0.1, 0.15) is 5.76 Å². The van der Waals surface area contributed by atoms with Crippen LogP contribution in [0.15, 0.2) is 57.8 Å². The number of furan rings is 1. The smallest absolute Gasteiger partial charge is 0.152 e. The molecule has 2 N–H and O–H groups in total. The molecule has 0 radical (unpaired) electrons. The van der Waals surface area contributed by atoms with Crippen molar-refractivity contribution in [3.8, 4) is 0 Å². The monoisotopic (exact) mass is 337 g/mol. The second-order valence-corrected chi connectivity index (χ2v) is 6.62. The Kier molecular flexibility index (Phi) is 4.45. The van der Waals surface area contributed by atoms with Crippen LogP contribution in [-0.4, -0.2) is 5.75 Å². The Morgan fingerprint density at radius 1 is 1.10 bits per heavy atom. The summed E-state index contributed by atoms with van der Waals surface area (Å²) in [5.74, 6) is 1.47. The zero-order chi connectivity index (χ0) is 14.8. The van der Waals surface area contributed by atoms with Gasteiger partial charge in [0.05, 0.1) is 11.1 Å². The summed E-state index contributed by atoms with van der Waals surface area (Å²) in [6.07, 6.45) is 0. The predicted molar refractivity (Wildman–Crippen MR) is 90.3 cm³/mol. The molecule has 0 bridgehead atoms. The minimum Gasteiger partial charge on any atom is -0.458 e. The quantitative estimate of drug-likeness (QED) is 0.636. The first-order valence-electron chi connectivity index (χ1n) is 6.45. The van der Waals surface area contributed by atoms with E-state index in [1.54, 1.807) is 11.8 Å². The number of rotatable bonds is 4. The average molecular weight is 338 g/mol. The molecule has 0 aliphatic heterocycles. The molecule has 21 heavy (non-hydrogen) atoms. The molecule has 2 nitrogen and oxygen atoms in total. The summed E-state index contributed by atoms with van der Waals surface area (Å²) in [4.78, 5) is 1.13. The number of thioether (sulfide) groups is 1. The maximum atomic E-state index is 6.20. The molecule has 1 heterocycles. The molecular weight excluding hydrogens is 325 g/mol. The van der Waals surface area contributed by atoms with E-state index >= 15 is 0 Å². The lowest BCUT2D eigenvalue weighted by molar-refractivity contribution is 0.516. The second kappa shape index (κ2) is 6.32. The normalized spacial score (nSPS) is 12.7. The van der Waals surface area contributed by atoms with E-state index < -0.39 is 0 Å². The first-order chi connectivity index (χ1) is 10.1. The van der Waals surface area contributed by atoms with Crippen LogP contribution in [-0.2, 0) is 0 Å². The van der Waals surface area contributed by atoms with Crippen molar-refractivity contribution in [3.05, 3.63) is 64.3 Å². The van der Waals surface area contributed by atoms with E-state index in [2.05, 4.69) is 0 Å². The molecule has 3 rings (SSSR count). The number of fused-ring (bicyclic) bond motifs is 1. The number of benzene rings is 2. The highest BCUT2D eigenvalue weighted by Gasteiger charge is 2.14. The summed E-state index contributed by atoms with van der Waals surface area (Å²) in [5.41, 5.74) is 6.90. The lowest BCUT2D eigenvalue weighted by Crippen LogP contribution is -2.11. The largest absolute Gasteiger partial charge is 0.458 e. The lowest BCUT2D eigenvalue weighted by atomic mass is 10.2. The highest BCUT2D eigenvalue weighted by atomic mass is 35.5. The molecule has 5 heteroatoms. The maximum Gasteiger partial charge on any atom is 0.152 e. The van der Waals surface area contributed by atoms with Crippen molar-refractivity contribution in [3.63, 3.8) is 0 Å². The van der Waals surface area contributed by atoms with Gasteiger partial charge < -0.3 is 10.2 Å². The van der Waals surface area contributed by atoms with Crippen LogP contribution in [0.3, 0.4) is 0 Å². The Morgan fingerprint density at radius 2 is 1.86 bits per heavy atom. The Labute approximate surface area is 137 Å². The van der Waals surface area contributed by atoms with Crippen molar-refractivity contribution in [2.75, 3.05) is 5.75 Å². The van der Waals surface area contributed by atoms with Crippen molar-refractivity contribution < 1.29 is 4.42 Å². The number of hydrogen-bond acceptors (Lipinski definition) is 3. The van der Waals surface area contributed by atoms with Gasteiger partial charge in [-0.05, 0) is 36.4 Å². The number of hydrogen-bond donors (Lipinski definition) is 1. The van der Waals surface area contributed by atoms with Gasteiger partial charge in [0.15, 0.2) is 5.58 Å². The molecule has 1 unspecified atom stereocenters. The Morgan fingerprint density at radius 3 is 2.57 bits per heavy atom. The van der Waals surface area contributed by atoms with Gasteiger partial charge >= 0.3 is 0 Å². The van der Waals surface area contributed by atoms with Crippen LogP contribution in [0.1, 0.15) is 11.8 Å². The molecule has 0 aliphatic rings. The van der Waals surface area contributed by atoms with Crippen LogP contribution in [0.25, 0.3) is 11.0 Å². The zero-order valence-electron chi connectivity index (χ0n) is 11.1. The first-order valence-corrected chi connectivity index (χ1v) is 8.19. The fourth-order valence-corrected chi connectivity index (χ4v) is 3.24. The van der Waals surface area contributed by atoms with Gasteiger partial charge in [0.25, 0.3) is 0 Å². The van der Waals surface area contributed by atoms with Crippen LogP contribution >= 0.6 is 35.0 Å². The molecule has 0 saturated carbocycles. The Balaban J connectivity index is 1.73. The molecule has 0 spiro atoms. The highest BCUT2D eigenvalue weighted by molar-refractivity contribution is 7.99. The van der Waals surface area contributed by atoms with E-state index in [1.165, 1.54) is 0 Å². The van der Waals surface area contributed by atoms with Crippen LogP contribution in [0.2, 0.25) is 10.0 Å². The van der Waals surface area contributed by atoms with Crippen LogP contribution < -0.4 is 5.73 Å². The van der Waals surface area contributed by atoms with Crippen molar-refractivity contribution in [1.82, 2.24) is 0 Å². The van der Waals surface area contributed by atoms with E-state index in [9.17, 15) is 0 Å². The van der Waals surface area contributed by atoms with Crippen molar-refractivity contribution in [1.29, 1.82) is 0 Å². The summed E-state index contributed by atoms with van der Waals surface area (Å²) in [7, 11) is 0.